The van der Waals surface area contributed by atoms with Crippen molar-refractivity contribution < 1.29 is 13.9 Å². The summed E-state index contributed by atoms with van der Waals surface area (Å²) in [5.41, 5.74) is 6.67. The van der Waals surface area contributed by atoms with E-state index in [-0.39, 0.29) is 17.1 Å². The lowest BCUT2D eigenvalue weighted by molar-refractivity contribution is 0.0994. The largest absolute Gasteiger partial charge is 0.495 e. The molecule has 0 spiro atoms. The van der Waals surface area contributed by atoms with Crippen LogP contribution in [-0.4, -0.2) is 13.0 Å². The number of anilines is 1. The van der Waals surface area contributed by atoms with Crippen molar-refractivity contribution in [2.45, 2.75) is 53.4 Å². The van der Waals surface area contributed by atoms with Crippen molar-refractivity contribution in [3.8, 4) is 5.75 Å². The van der Waals surface area contributed by atoms with Crippen LogP contribution in [0.25, 0.3) is 0 Å². The van der Waals surface area contributed by atoms with Crippen molar-refractivity contribution in [2.75, 3.05) is 12.4 Å². The van der Waals surface area contributed by atoms with Crippen LogP contribution in [0, 0.1) is 20.8 Å². The quantitative estimate of drug-likeness (QED) is 0.538. The van der Waals surface area contributed by atoms with Gasteiger partial charge in [-0.05, 0) is 72.7 Å². The lowest BCUT2D eigenvalue weighted by atomic mass is 9.87. The SMILES string of the molecule is COc1ccc(C(C)(C)C)cc1NC(=O)c1ccc(Cc2c(C)cc(C)cc2C)o1. The maximum absolute atomic E-state index is 12.8. The average Bonchev–Trinajstić information content (AvgIpc) is 3.12. The molecule has 0 aliphatic rings. The summed E-state index contributed by atoms with van der Waals surface area (Å²) in [5.74, 6) is 1.39. The number of nitrogens with one attached hydrogen (secondary N) is 1. The number of carbonyl (C=O) groups excluding carboxylic acids is 1. The van der Waals surface area contributed by atoms with E-state index < -0.39 is 0 Å². The Hall–Kier alpha value is -3.01. The van der Waals surface area contributed by atoms with Crippen LogP contribution >= 0.6 is 0 Å². The van der Waals surface area contributed by atoms with Gasteiger partial charge in [0.1, 0.15) is 11.5 Å². The molecule has 0 fully saturated rings. The molecule has 1 N–H and O–H groups in total. The third kappa shape index (κ3) is 4.76. The molecule has 0 aliphatic carbocycles. The second-order valence-electron chi connectivity index (χ2n) is 8.94. The zero-order chi connectivity index (χ0) is 22.1. The number of benzene rings is 2. The molecular formula is C26H31NO3. The summed E-state index contributed by atoms with van der Waals surface area (Å²) in [6.45, 7) is 12.7. The molecule has 4 heteroatoms. The minimum absolute atomic E-state index is 0.0344. The number of methoxy groups -OCH3 is 1. The number of furan rings is 1. The fraction of sp³-hybridized carbons (Fsp3) is 0.346. The standard InChI is InChI=1S/C26H31NO3/c1-16-12-17(2)21(18(3)13-16)15-20-9-11-24(30-20)25(28)27-22-14-19(26(4,5)6)8-10-23(22)29-7/h8-14H,15H2,1-7H3,(H,27,28). The lowest BCUT2D eigenvalue weighted by Gasteiger charge is -2.21. The molecular weight excluding hydrogens is 374 g/mol. The molecule has 0 bridgehead atoms. The Balaban J connectivity index is 1.81. The maximum Gasteiger partial charge on any atom is 0.291 e. The van der Waals surface area contributed by atoms with Crippen molar-refractivity contribution in [2.24, 2.45) is 0 Å². The monoisotopic (exact) mass is 405 g/mol. The molecule has 30 heavy (non-hydrogen) atoms. The predicted molar refractivity (Wildman–Crippen MR) is 122 cm³/mol. The Kier molecular flexibility index (Phi) is 6.06. The van der Waals surface area contributed by atoms with E-state index in [9.17, 15) is 4.79 Å². The van der Waals surface area contributed by atoms with E-state index in [1.54, 1.807) is 13.2 Å². The Bertz CT molecular complexity index is 1050. The molecule has 0 aliphatic heterocycles. The predicted octanol–water partition coefficient (Wildman–Crippen LogP) is 6.35. The van der Waals surface area contributed by atoms with Gasteiger partial charge in [0.05, 0.1) is 12.8 Å². The Morgan fingerprint density at radius 1 is 1.00 bits per heavy atom. The van der Waals surface area contributed by atoms with Crippen molar-refractivity contribution >= 4 is 11.6 Å². The van der Waals surface area contributed by atoms with E-state index in [0.29, 0.717) is 17.9 Å². The number of carbonyl (C=O) groups is 1. The molecule has 0 unspecified atom stereocenters. The number of rotatable bonds is 5. The third-order valence-electron chi connectivity index (χ3n) is 5.39. The van der Waals surface area contributed by atoms with Crippen molar-refractivity contribution in [1.82, 2.24) is 0 Å². The van der Waals surface area contributed by atoms with Gasteiger partial charge < -0.3 is 14.5 Å². The van der Waals surface area contributed by atoms with E-state index in [1.807, 2.05) is 24.3 Å². The fourth-order valence-corrected chi connectivity index (χ4v) is 3.71. The highest BCUT2D eigenvalue weighted by Gasteiger charge is 2.19. The highest BCUT2D eigenvalue weighted by molar-refractivity contribution is 6.03. The Labute approximate surface area is 179 Å². The Morgan fingerprint density at radius 3 is 2.27 bits per heavy atom. The van der Waals surface area contributed by atoms with Gasteiger partial charge in [0.15, 0.2) is 5.76 Å². The van der Waals surface area contributed by atoms with E-state index in [2.05, 4.69) is 59.0 Å². The molecule has 1 aromatic heterocycles. The van der Waals surface area contributed by atoms with Crippen molar-refractivity contribution in [3.63, 3.8) is 0 Å². The van der Waals surface area contributed by atoms with Crippen LogP contribution in [-0.2, 0) is 11.8 Å². The lowest BCUT2D eigenvalue weighted by Crippen LogP contribution is -2.15. The van der Waals surface area contributed by atoms with E-state index in [4.69, 9.17) is 9.15 Å². The zero-order valence-electron chi connectivity index (χ0n) is 19.0. The van der Waals surface area contributed by atoms with Gasteiger partial charge in [-0.25, -0.2) is 0 Å². The van der Waals surface area contributed by atoms with Crippen LogP contribution in [0.4, 0.5) is 5.69 Å². The van der Waals surface area contributed by atoms with Gasteiger partial charge in [-0.15, -0.1) is 0 Å². The van der Waals surface area contributed by atoms with Crippen LogP contribution in [0.15, 0.2) is 46.9 Å². The molecule has 1 amide bonds. The Morgan fingerprint density at radius 2 is 1.67 bits per heavy atom. The molecule has 158 valence electrons. The summed E-state index contributed by atoms with van der Waals surface area (Å²) in [6, 6.07) is 13.8. The first kappa shape index (κ1) is 21.7. The molecule has 3 rings (SSSR count). The van der Waals surface area contributed by atoms with Crippen LogP contribution in [0.1, 0.15) is 64.9 Å². The highest BCUT2D eigenvalue weighted by Crippen LogP contribution is 2.32. The molecule has 4 nitrogen and oxygen atoms in total. The average molecular weight is 406 g/mol. The summed E-state index contributed by atoms with van der Waals surface area (Å²) in [5, 5.41) is 2.94. The van der Waals surface area contributed by atoms with Crippen molar-refractivity contribution in [3.05, 3.63) is 81.8 Å². The van der Waals surface area contributed by atoms with Gasteiger partial charge in [-0.2, -0.15) is 0 Å². The molecule has 0 atom stereocenters. The fourth-order valence-electron chi connectivity index (χ4n) is 3.71. The summed E-state index contributed by atoms with van der Waals surface area (Å²) in [7, 11) is 1.60. The summed E-state index contributed by atoms with van der Waals surface area (Å²) in [4.78, 5) is 12.8. The van der Waals surface area contributed by atoms with E-state index in [0.717, 1.165) is 11.3 Å². The second kappa shape index (κ2) is 8.39. The van der Waals surface area contributed by atoms with Crippen molar-refractivity contribution in [1.29, 1.82) is 0 Å². The number of aryl methyl sites for hydroxylation is 3. The van der Waals surface area contributed by atoms with Gasteiger partial charge in [-0.1, -0.05) is 44.5 Å². The normalized spacial score (nSPS) is 11.4. The van der Waals surface area contributed by atoms with E-state index >= 15 is 0 Å². The minimum atomic E-state index is -0.289. The van der Waals surface area contributed by atoms with Gasteiger partial charge in [0.2, 0.25) is 0 Å². The first-order chi connectivity index (χ1) is 14.1. The van der Waals surface area contributed by atoms with Crippen LogP contribution in [0.5, 0.6) is 5.75 Å². The molecule has 0 saturated carbocycles. The number of amides is 1. The minimum Gasteiger partial charge on any atom is -0.495 e. The molecule has 2 aromatic carbocycles. The van der Waals surface area contributed by atoms with Gasteiger partial charge in [-0.3, -0.25) is 4.79 Å². The maximum atomic E-state index is 12.8. The van der Waals surface area contributed by atoms with E-state index in [1.165, 1.54) is 22.3 Å². The second-order valence-corrected chi connectivity index (χ2v) is 8.94. The zero-order valence-corrected chi connectivity index (χ0v) is 19.0. The first-order valence-corrected chi connectivity index (χ1v) is 10.2. The van der Waals surface area contributed by atoms with Crippen LogP contribution in [0.2, 0.25) is 0 Å². The molecule has 1 heterocycles. The van der Waals surface area contributed by atoms with Crippen LogP contribution < -0.4 is 10.1 Å². The van der Waals surface area contributed by atoms with Gasteiger partial charge in [0.25, 0.3) is 5.91 Å². The summed E-state index contributed by atoms with van der Waals surface area (Å²) < 4.78 is 11.3. The number of hydrogen-bond acceptors (Lipinski definition) is 3. The highest BCUT2D eigenvalue weighted by atomic mass is 16.5. The topological polar surface area (TPSA) is 51.5 Å². The smallest absolute Gasteiger partial charge is 0.291 e. The number of ether oxygens (including phenoxy) is 1. The summed E-state index contributed by atoms with van der Waals surface area (Å²) >= 11 is 0. The third-order valence-corrected chi connectivity index (χ3v) is 5.39. The van der Waals surface area contributed by atoms with Crippen LogP contribution in [0.3, 0.4) is 0 Å². The van der Waals surface area contributed by atoms with Gasteiger partial charge >= 0.3 is 0 Å². The molecule has 3 aromatic rings. The van der Waals surface area contributed by atoms with Gasteiger partial charge in [0, 0.05) is 6.42 Å². The summed E-state index contributed by atoms with van der Waals surface area (Å²) in [6.07, 6.45) is 0.661. The molecule has 0 saturated heterocycles. The molecule has 0 radical (unpaired) electrons. The first-order valence-electron chi connectivity index (χ1n) is 10.2. The number of hydrogen-bond donors (Lipinski definition) is 1.